The summed E-state index contributed by atoms with van der Waals surface area (Å²) in [4.78, 5) is 12.9. The SMILES string of the molecule is CC(C)OCCC(=O)NCC(N1CCNCC1)C(F)(F)F. The van der Waals surface area contributed by atoms with Crippen LogP contribution >= 0.6 is 0 Å². The summed E-state index contributed by atoms with van der Waals surface area (Å²) in [5.74, 6) is -0.417. The fourth-order valence-electron chi connectivity index (χ4n) is 2.13. The summed E-state index contributed by atoms with van der Waals surface area (Å²) >= 11 is 0. The lowest BCUT2D eigenvalue weighted by Crippen LogP contribution is -2.57. The number of amides is 1. The Morgan fingerprint density at radius 3 is 2.48 bits per heavy atom. The van der Waals surface area contributed by atoms with Crippen molar-refractivity contribution in [1.29, 1.82) is 0 Å². The normalized spacial score (nSPS) is 18.8. The second kappa shape index (κ2) is 8.55. The Hall–Kier alpha value is -0.860. The number of hydrogen-bond donors (Lipinski definition) is 2. The zero-order valence-corrected chi connectivity index (χ0v) is 12.5. The molecule has 2 N–H and O–H groups in total. The second-order valence-electron chi connectivity index (χ2n) is 5.32. The van der Waals surface area contributed by atoms with Gasteiger partial charge in [0.1, 0.15) is 6.04 Å². The average molecular weight is 311 g/mol. The maximum absolute atomic E-state index is 13.1. The molecule has 1 saturated heterocycles. The van der Waals surface area contributed by atoms with E-state index in [-0.39, 0.29) is 19.1 Å². The van der Waals surface area contributed by atoms with E-state index in [0.29, 0.717) is 26.2 Å². The number of halogens is 3. The minimum Gasteiger partial charge on any atom is -0.378 e. The zero-order chi connectivity index (χ0) is 15.9. The van der Waals surface area contributed by atoms with E-state index in [1.54, 1.807) is 0 Å². The van der Waals surface area contributed by atoms with E-state index in [4.69, 9.17) is 4.74 Å². The third-order valence-corrected chi connectivity index (χ3v) is 3.24. The number of nitrogens with zero attached hydrogens (tertiary/aromatic N) is 1. The summed E-state index contributed by atoms with van der Waals surface area (Å²) in [5, 5.41) is 5.37. The number of hydrogen-bond acceptors (Lipinski definition) is 4. The van der Waals surface area contributed by atoms with Crippen LogP contribution in [0.4, 0.5) is 13.2 Å². The number of carbonyl (C=O) groups excluding carboxylic acids is 1. The highest BCUT2D eigenvalue weighted by atomic mass is 19.4. The standard InChI is InChI=1S/C13H24F3N3O2/c1-10(2)21-8-3-12(20)18-9-11(13(14,15)16)19-6-4-17-5-7-19/h10-11,17H,3-9H2,1-2H3,(H,18,20). The first-order chi connectivity index (χ1) is 9.80. The Labute approximate surface area is 123 Å². The fourth-order valence-corrected chi connectivity index (χ4v) is 2.13. The van der Waals surface area contributed by atoms with Crippen molar-refractivity contribution in [1.82, 2.24) is 15.5 Å². The molecule has 1 aliphatic rings. The maximum Gasteiger partial charge on any atom is 0.405 e. The number of carbonyl (C=O) groups is 1. The molecule has 1 unspecified atom stereocenters. The molecule has 0 aromatic heterocycles. The lowest BCUT2D eigenvalue weighted by molar-refractivity contribution is -0.184. The van der Waals surface area contributed by atoms with E-state index in [2.05, 4.69) is 10.6 Å². The molecule has 0 aromatic rings. The number of nitrogens with one attached hydrogen (secondary N) is 2. The molecule has 0 bridgehead atoms. The largest absolute Gasteiger partial charge is 0.405 e. The van der Waals surface area contributed by atoms with Gasteiger partial charge in [-0.1, -0.05) is 0 Å². The van der Waals surface area contributed by atoms with Crippen LogP contribution in [0.2, 0.25) is 0 Å². The molecule has 0 aliphatic carbocycles. The van der Waals surface area contributed by atoms with Crippen LogP contribution in [0.25, 0.3) is 0 Å². The van der Waals surface area contributed by atoms with Crippen LogP contribution in [-0.4, -0.2) is 68.5 Å². The van der Waals surface area contributed by atoms with Gasteiger partial charge in [-0.3, -0.25) is 9.69 Å². The van der Waals surface area contributed by atoms with Crippen molar-refractivity contribution in [2.45, 2.75) is 38.6 Å². The van der Waals surface area contributed by atoms with Crippen molar-refractivity contribution in [3.63, 3.8) is 0 Å². The molecular weight excluding hydrogens is 287 g/mol. The predicted octanol–water partition coefficient (Wildman–Crippen LogP) is 0.754. The van der Waals surface area contributed by atoms with E-state index < -0.39 is 24.7 Å². The highest BCUT2D eigenvalue weighted by Crippen LogP contribution is 2.24. The van der Waals surface area contributed by atoms with Crippen molar-refractivity contribution in [3.8, 4) is 0 Å². The van der Waals surface area contributed by atoms with Crippen LogP contribution in [0.1, 0.15) is 20.3 Å². The minimum atomic E-state index is -4.35. The van der Waals surface area contributed by atoms with Gasteiger partial charge in [0, 0.05) is 39.1 Å². The molecule has 21 heavy (non-hydrogen) atoms. The Kier molecular flexibility index (Phi) is 7.41. The molecule has 0 saturated carbocycles. The molecule has 8 heteroatoms. The molecule has 1 aliphatic heterocycles. The lowest BCUT2D eigenvalue weighted by Gasteiger charge is -2.35. The molecule has 1 atom stereocenters. The quantitative estimate of drug-likeness (QED) is 0.729. The second-order valence-corrected chi connectivity index (χ2v) is 5.32. The van der Waals surface area contributed by atoms with Crippen molar-refractivity contribution >= 4 is 5.91 Å². The van der Waals surface area contributed by atoms with Gasteiger partial charge in [-0.15, -0.1) is 0 Å². The van der Waals surface area contributed by atoms with Crippen LogP contribution in [0.5, 0.6) is 0 Å². The van der Waals surface area contributed by atoms with Crippen molar-refractivity contribution in [2.75, 3.05) is 39.3 Å². The van der Waals surface area contributed by atoms with E-state index in [0.717, 1.165) is 0 Å². The molecule has 0 radical (unpaired) electrons. The first kappa shape index (κ1) is 18.2. The molecule has 5 nitrogen and oxygen atoms in total. The summed E-state index contributed by atoms with van der Waals surface area (Å²) in [7, 11) is 0. The van der Waals surface area contributed by atoms with E-state index in [1.165, 1.54) is 4.90 Å². The zero-order valence-electron chi connectivity index (χ0n) is 12.5. The van der Waals surface area contributed by atoms with Crippen LogP contribution in [0.3, 0.4) is 0 Å². The number of piperazine rings is 1. The molecule has 1 amide bonds. The van der Waals surface area contributed by atoms with E-state index in [9.17, 15) is 18.0 Å². The number of ether oxygens (including phenoxy) is 1. The third kappa shape index (κ3) is 7.10. The Morgan fingerprint density at radius 1 is 1.33 bits per heavy atom. The molecule has 0 spiro atoms. The van der Waals surface area contributed by atoms with Crippen LogP contribution < -0.4 is 10.6 Å². The Bertz CT molecular complexity index is 318. The van der Waals surface area contributed by atoms with Crippen LogP contribution in [0, 0.1) is 0 Å². The van der Waals surface area contributed by atoms with Gasteiger partial charge >= 0.3 is 6.18 Å². The van der Waals surface area contributed by atoms with Crippen molar-refractivity contribution in [3.05, 3.63) is 0 Å². The summed E-state index contributed by atoms with van der Waals surface area (Å²) < 4.78 is 44.4. The predicted molar refractivity (Wildman–Crippen MR) is 73.0 cm³/mol. The molecule has 1 heterocycles. The van der Waals surface area contributed by atoms with E-state index in [1.807, 2.05) is 13.8 Å². The highest BCUT2D eigenvalue weighted by molar-refractivity contribution is 5.76. The van der Waals surface area contributed by atoms with Gasteiger partial charge < -0.3 is 15.4 Å². The number of alkyl halides is 3. The van der Waals surface area contributed by atoms with Gasteiger partial charge in [0.15, 0.2) is 0 Å². The first-order valence-corrected chi connectivity index (χ1v) is 7.20. The summed E-state index contributed by atoms with van der Waals surface area (Å²) in [6.45, 7) is 5.19. The molecule has 124 valence electrons. The Balaban J connectivity index is 2.40. The first-order valence-electron chi connectivity index (χ1n) is 7.20. The average Bonchev–Trinajstić information content (AvgIpc) is 2.38. The third-order valence-electron chi connectivity index (χ3n) is 3.24. The summed E-state index contributed by atoms with van der Waals surface area (Å²) in [6.07, 6.45) is -4.27. The van der Waals surface area contributed by atoms with Gasteiger partial charge in [0.25, 0.3) is 0 Å². The maximum atomic E-state index is 13.1. The van der Waals surface area contributed by atoms with Crippen LogP contribution in [0.15, 0.2) is 0 Å². The summed E-state index contributed by atoms with van der Waals surface area (Å²) in [6, 6.07) is -1.63. The molecule has 1 rings (SSSR count). The monoisotopic (exact) mass is 311 g/mol. The summed E-state index contributed by atoms with van der Waals surface area (Å²) in [5.41, 5.74) is 0. The van der Waals surface area contributed by atoms with Gasteiger partial charge in [0.05, 0.1) is 12.7 Å². The van der Waals surface area contributed by atoms with Gasteiger partial charge in [-0.2, -0.15) is 13.2 Å². The molecular formula is C13H24F3N3O2. The molecule has 1 fully saturated rings. The number of rotatable bonds is 7. The lowest BCUT2D eigenvalue weighted by atomic mass is 10.2. The van der Waals surface area contributed by atoms with Crippen molar-refractivity contribution in [2.24, 2.45) is 0 Å². The van der Waals surface area contributed by atoms with Crippen molar-refractivity contribution < 1.29 is 22.7 Å². The topological polar surface area (TPSA) is 53.6 Å². The smallest absolute Gasteiger partial charge is 0.378 e. The fraction of sp³-hybridized carbons (Fsp3) is 0.923. The van der Waals surface area contributed by atoms with Gasteiger partial charge in [0.2, 0.25) is 5.91 Å². The Morgan fingerprint density at radius 2 is 1.95 bits per heavy atom. The van der Waals surface area contributed by atoms with Gasteiger partial charge in [-0.05, 0) is 13.8 Å². The van der Waals surface area contributed by atoms with E-state index >= 15 is 0 Å². The van der Waals surface area contributed by atoms with Crippen LogP contribution in [-0.2, 0) is 9.53 Å². The highest BCUT2D eigenvalue weighted by Gasteiger charge is 2.43. The minimum absolute atomic E-state index is 0.00146. The molecule has 0 aromatic carbocycles. The van der Waals surface area contributed by atoms with Gasteiger partial charge in [-0.25, -0.2) is 0 Å².